The van der Waals surface area contributed by atoms with Gasteiger partial charge < -0.3 is 25.9 Å². The van der Waals surface area contributed by atoms with Gasteiger partial charge in [-0.3, -0.25) is 0 Å². The first-order chi connectivity index (χ1) is 13.2. The van der Waals surface area contributed by atoms with Gasteiger partial charge in [-0.15, -0.1) is 0 Å². The van der Waals surface area contributed by atoms with Crippen LogP contribution in [-0.2, 0) is 0 Å². The summed E-state index contributed by atoms with van der Waals surface area (Å²) >= 11 is 0. The highest BCUT2D eigenvalue weighted by molar-refractivity contribution is 5.75. The van der Waals surface area contributed by atoms with Crippen molar-refractivity contribution in [3.63, 3.8) is 0 Å². The summed E-state index contributed by atoms with van der Waals surface area (Å²) in [5, 5.41) is 2.18. The third-order valence-electron chi connectivity index (χ3n) is 5.33. The first-order valence-electron chi connectivity index (χ1n) is 9.56. The first-order valence-corrected chi connectivity index (χ1v) is 9.56. The molecule has 0 saturated carbocycles. The van der Waals surface area contributed by atoms with Crippen molar-refractivity contribution in [3.8, 4) is 0 Å². The number of anilines is 4. The lowest BCUT2D eigenvalue weighted by molar-refractivity contribution is 0.178. The quantitative estimate of drug-likeness (QED) is 0.826. The predicted octanol–water partition coefficient (Wildman–Crippen LogP) is 0.960. The van der Waals surface area contributed by atoms with E-state index in [1.807, 2.05) is 0 Å². The molecule has 144 valence electrons. The van der Waals surface area contributed by atoms with Crippen LogP contribution in [0.2, 0.25) is 0 Å². The first kappa shape index (κ1) is 17.8. The summed E-state index contributed by atoms with van der Waals surface area (Å²) in [4.78, 5) is 15.8. The minimum absolute atomic E-state index is 0.629. The summed E-state index contributed by atoms with van der Waals surface area (Å²) in [6.07, 6.45) is 1.60. The maximum atomic E-state index is 6.42. The monoisotopic (exact) mass is 368 g/mol. The zero-order valence-electron chi connectivity index (χ0n) is 15.9. The molecule has 4 rings (SSSR count). The molecule has 0 aliphatic carbocycles. The molecular weight excluding hydrogens is 340 g/mol. The Balaban J connectivity index is 1.41. The fourth-order valence-electron chi connectivity index (χ4n) is 3.61. The summed E-state index contributed by atoms with van der Waals surface area (Å²) in [6, 6.07) is 10.5. The zero-order chi connectivity index (χ0) is 18.6. The van der Waals surface area contributed by atoms with Gasteiger partial charge in [0.25, 0.3) is 0 Å². The van der Waals surface area contributed by atoms with Crippen LogP contribution in [0.3, 0.4) is 0 Å². The molecule has 1 aromatic heterocycles. The van der Waals surface area contributed by atoms with Gasteiger partial charge in [0.05, 0.1) is 0 Å². The van der Waals surface area contributed by atoms with Gasteiger partial charge in [0.15, 0.2) is 11.6 Å². The van der Waals surface area contributed by atoms with Crippen molar-refractivity contribution in [2.24, 2.45) is 0 Å². The summed E-state index contributed by atoms with van der Waals surface area (Å²) in [5.74, 6) is 1.53. The number of benzene rings is 1. The molecular formula is C19H28N8. The fourth-order valence-corrected chi connectivity index (χ4v) is 3.61. The van der Waals surface area contributed by atoms with Crippen molar-refractivity contribution < 1.29 is 0 Å². The van der Waals surface area contributed by atoms with Crippen molar-refractivity contribution >= 4 is 23.0 Å². The normalized spacial score (nSPS) is 19.3. The highest BCUT2D eigenvalue weighted by Crippen LogP contribution is 2.28. The lowest BCUT2D eigenvalue weighted by atomic mass is 10.2. The molecule has 0 amide bonds. The van der Waals surface area contributed by atoms with Gasteiger partial charge in [0.2, 0.25) is 0 Å². The lowest BCUT2D eigenvalue weighted by Gasteiger charge is -2.37. The van der Waals surface area contributed by atoms with E-state index in [2.05, 4.69) is 72.5 Å². The number of piperazine rings is 2. The Morgan fingerprint density at radius 2 is 1.52 bits per heavy atom. The smallest absolute Gasteiger partial charge is 0.169 e. The molecule has 0 spiro atoms. The van der Waals surface area contributed by atoms with Crippen LogP contribution in [0, 0.1) is 0 Å². The Labute approximate surface area is 160 Å². The number of nitrogen functional groups attached to an aromatic ring is 1. The Kier molecular flexibility index (Phi) is 5.26. The van der Waals surface area contributed by atoms with Crippen LogP contribution in [0.5, 0.6) is 0 Å². The molecule has 1 aromatic carbocycles. The molecule has 0 unspecified atom stereocenters. The van der Waals surface area contributed by atoms with Gasteiger partial charge in [0.1, 0.15) is 12.0 Å². The van der Waals surface area contributed by atoms with Gasteiger partial charge in [-0.2, -0.15) is 0 Å². The maximum absolute atomic E-state index is 6.42. The number of likely N-dealkylation sites (N-methyl/N-ethyl adjacent to an activating group) is 1. The summed E-state index contributed by atoms with van der Waals surface area (Å²) in [6.45, 7) is 7.66. The van der Waals surface area contributed by atoms with Crippen molar-refractivity contribution in [2.45, 2.75) is 0 Å². The van der Waals surface area contributed by atoms with Crippen LogP contribution < -0.4 is 21.0 Å². The molecule has 2 fully saturated rings. The van der Waals surface area contributed by atoms with Crippen LogP contribution in [-0.4, -0.2) is 79.3 Å². The lowest BCUT2D eigenvalue weighted by Crippen LogP contribution is -2.48. The van der Waals surface area contributed by atoms with Gasteiger partial charge in [-0.1, -0.05) is 18.2 Å². The summed E-state index contributed by atoms with van der Waals surface area (Å²) < 4.78 is 0. The largest absolute Gasteiger partial charge is 0.393 e. The van der Waals surface area contributed by atoms with Crippen LogP contribution >= 0.6 is 0 Å². The molecule has 0 radical (unpaired) electrons. The maximum Gasteiger partial charge on any atom is 0.169 e. The highest BCUT2D eigenvalue weighted by atomic mass is 15.5. The molecule has 2 aliphatic heterocycles. The van der Waals surface area contributed by atoms with E-state index in [1.165, 1.54) is 5.69 Å². The molecule has 2 aliphatic rings. The van der Waals surface area contributed by atoms with E-state index in [0.717, 1.165) is 58.2 Å². The molecule has 0 atom stereocenters. The van der Waals surface area contributed by atoms with E-state index in [4.69, 9.17) is 5.73 Å². The minimum atomic E-state index is 0.629. The number of rotatable bonds is 4. The topological polar surface area (TPSA) is 76.8 Å². The number of nitrogens with one attached hydrogen (secondary N) is 1. The van der Waals surface area contributed by atoms with Crippen molar-refractivity contribution in [1.82, 2.24) is 19.9 Å². The number of aromatic nitrogens is 2. The molecule has 8 nitrogen and oxygen atoms in total. The molecule has 2 aromatic rings. The second-order valence-electron chi connectivity index (χ2n) is 7.17. The summed E-state index contributed by atoms with van der Waals surface area (Å²) in [7, 11) is 2.14. The van der Waals surface area contributed by atoms with Gasteiger partial charge >= 0.3 is 0 Å². The van der Waals surface area contributed by atoms with E-state index in [1.54, 1.807) is 6.33 Å². The van der Waals surface area contributed by atoms with E-state index in [9.17, 15) is 0 Å². The van der Waals surface area contributed by atoms with E-state index < -0.39 is 0 Å². The molecule has 3 heterocycles. The number of nitrogens with zero attached hydrogens (tertiary/aromatic N) is 6. The second kappa shape index (κ2) is 7.98. The predicted molar refractivity (Wildman–Crippen MR) is 110 cm³/mol. The Morgan fingerprint density at radius 1 is 0.852 bits per heavy atom. The van der Waals surface area contributed by atoms with Crippen molar-refractivity contribution in [3.05, 3.63) is 36.7 Å². The Hall–Kier alpha value is -2.58. The van der Waals surface area contributed by atoms with E-state index in [0.29, 0.717) is 11.5 Å². The molecule has 0 bridgehead atoms. The van der Waals surface area contributed by atoms with Crippen LogP contribution in [0.15, 0.2) is 36.7 Å². The number of nitrogens with two attached hydrogens (primary N) is 1. The van der Waals surface area contributed by atoms with Crippen LogP contribution in [0.25, 0.3) is 0 Å². The molecule has 2 saturated heterocycles. The minimum Gasteiger partial charge on any atom is -0.393 e. The second-order valence-corrected chi connectivity index (χ2v) is 7.17. The Bertz CT molecular complexity index is 737. The van der Waals surface area contributed by atoms with Crippen LogP contribution in [0.1, 0.15) is 0 Å². The average Bonchev–Trinajstić information content (AvgIpc) is 2.72. The Morgan fingerprint density at radius 3 is 2.22 bits per heavy atom. The summed E-state index contributed by atoms with van der Waals surface area (Å²) in [5.41, 5.74) is 11.7. The van der Waals surface area contributed by atoms with Gasteiger partial charge in [-0.25, -0.2) is 15.0 Å². The number of hydrazine groups is 1. The third-order valence-corrected chi connectivity index (χ3v) is 5.33. The SMILES string of the molecule is CN1CCN(Nc2ncnc(N3CCN(c4ccccc4)CC3)c2N)CC1. The van der Waals surface area contributed by atoms with Gasteiger partial charge in [-0.05, 0) is 19.2 Å². The standard InChI is InChI=1S/C19H28N8/c1-24-7-13-27(14-8-24)23-18-17(20)19(22-15-21-18)26-11-9-25(10-12-26)16-5-3-2-4-6-16/h2-6,15H,7-14,20H2,1H3,(H,21,22,23). The molecule has 27 heavy (non-hydrogen) atoms. The third kappa shape index (κ3) is 4.06. The molecule has 3 N–H and O–H groups in total. The van der Waals surface area contributed by atoms with Crippen LogP contribution in [0.4, 0.5) is 23.0 Å². The highest BCUT2D eigenvalue weighted by Gasteiger charge is 2.22. The van der Waals surface area contributed by atoms with E-state index in [-0.39, 0.29) is 0 Å². The molecule has 8 heteroatoms. The number of hydrogen-bond donors (Lipinski definition) is 2. The average molecular weight is 368 g/mol. The zero-order valence-corrected chi connectivity index (χ0v) is 15.9. The van der Waals surface area contributed by atoms with Crippen molar-refractivity contribution in [2.75, 3.05) is 80.4 Å². The fraction of sp³-hybridized carbons (Fsp3) is 0.474. The number of para-hydroxylation sites is 1. The van der Waals surface area contributed by atoms with Gasteiger partial charge in [0, 0.05) is 58.0 Å². The number of hydrogen-bond acceptors (Lipinski definition) is 8. The van der Waals surface area contributed by atoms with Crippen molar-refractivity contribution in [1.29, 1.82) is 0 Å². The van der Waals surface area contributed by atoms with E-state index >= 15 is 0 Å².